The molecule has 1 aromatic carbocycles. The largest absolute Gasteiger partial charge is 0.383 e. The van der Waals surface area contributed by atoms with Crippen LogP contribution in [-0.2, 0) is 23.4 Å². The lowest BCUT2D eigenvalue weighted by Gasteiger charge is -2.20. The molecule has 0 amide bonds. The lowest BCUT2D eigenvalue weighted by atomic mass is 10.0. The van der Waals surface area contributed by atoms with Crippen LogP contribution in [0.5, 0.6) is 0 Å². The van der Waals surface area contributed by atoms with Gasteiger partial charge in [-0.05, 0) is 26.0 Å². The minimum Gasteiger partial charge on any atom is -0.383 e. The Morgan fingerprint density at radius 1 is 1.35 bits per heavy atom. The van der Waals surface area contributed by atoms with Crippen molar-refractivity contribution in [1.82, 2.24) is 20.4 Å². The zero-order valence-electron chi connectivity index (χ0n) is 15.5. The van der Waals surface area contributed by atoms with Gasteiger partial charge in [0.25, 0.3) is 0 Å². The van der Waals surface area contributed by atoms with Crippen molar-refractivity contribution in [3.8, 4) is 0 Å². The number of aromatic nitrogens is 2. The van der Waals surface area contributed by atoms with Crippen molar-refractivity contribution in [2.45, 2.75) is 24.3 Å². The smallest absolute Gasteiger partial charge is 0.191 e. The molecule has 1 aromatic heterocycles. The van der Waals surface area contributed by atoms with E-state index in [2.05, 4.69) is 20.7 Å². The number of hydrogen-bond acceptors (Lipinski definition) is 4. The van der Waals surface area contributed by atoms with E-state index in [0.717, 1.165) is 4.90 Å². The topological polar surface area (TPSA) is 91.5 Å². The Labute approximate surface area is 157 Å². The summed E-state index contributed by atoms with van der Waals surface area (Å²) in [5, 5.41) is 21.0. The summed E-state index contributed by atoms with van der Waals surface area (Å²) in [4.78, 5) is 5.26. The van der Waals surface area contributed by atoms with Gasteiger partial charge in [0, 0.05) is 42.5 Å². The minimum atomic E-state index is -1.11. The Morgan fingerprint density at radius 2 is 2.08 bits per heavy atom. The number of rotatable bonds is 8. The number of aliphatic imine (C=N–C) groups is 1. The average molecular weight is 378 g/mol. The van der Waals surface area contributed by atoms with Crippen LogP contribution in [0, 0.1) is 0 Å². The quantitative estimate of drug-likeness (QED) is 0.471. The minimum absolute atomic E-state index is 0.190. The molecule has 2 aromatic rings. The number of nitrogens with one attached hydrogen (secondary N) is 2. The third kappa shape index (κ3) is 5.96. The van der Waals surface area contributed by atoms with Gasteiger partial charge in [-0.1, -0.05) is 18.2 Å². The number of aryl methyl sites for hydroxylation is 1. The van der Waals surface area contributed by atoms with E-state index in [1.807, 2.05) is 37.3 Å². The van der Waals surface area contributed by atoms with E-state index in [1.54, 1.807) is 31.0 Å². The predicted octanol–water partition coefficient (Wildman–Crippen LogP) is 0.990. The molecule has 0 bridgehead atoms. The summed E-state index contributed by atoms with van der Waals surface area (Å²) >= 11 is 0. The van der Waals surface area contributed by atoms with E-state index < -0.39 is 16.4 Å². The highest BCUT2D eigenvalue weighted by molar-refractivity contribution is 7.85. The third-order valence-electron chi connectivity index (χ3n) is 3.80. The SMILES string of the molecule is CCNC(=NCC(C)(O)c1cnn(C)c1)NCCS(=O)c1ccccc1. The summed E-state index contributed by atoms with van der Waals surface area (Å²) in [6.07, 6.45) is 3.41. The Hall–Kier alpha value is -2.19. The van der Waals surface area contributed by atoms with Crippen LogP contribution in [-0.4, -0.2) is 50.4 Å². The van der Waals surface area contributed by atoms with Crippen LogP contribution in [0.4, 0.5) is 0 Å². The second-order valence-corrected chi connectivity index (χ2v) is 7.73. The van der Waals surface area contributed by atoms with Gasteiger partial charge in [0.1, 0.15) is 5.60 Å². The molecule has 2 unspecified atom stereocenters. The number of aliphatic hydroxyl groups is 1. The van der Waals surface area contributed by atoms with Gasteiger partial charge in [-0.25, -0.2) is 4.99 Å². The third-order valence-corrected chi connectivity index (χ3v) is 5.17. The van der Waals surface area contributed by atoms with Crippen molar-refractivity contribution < 1.29 is 9.32 Å². The van der Waals surface area contributed by atoms with Gasteiger partial charge in [-0.3, -0.25) is 8.89 Å². The fourth-order valence-corrected chi connectivity index (χ4v) is 3.30. The normalized spacial score (nSPS) is 15.3. The summed E-state index contributed by atoms with van der Waals surface area (Å²) in [7, 11) is 0.749. The fraction of sp³-hybridized carbons (Fsp3) is 0.444. The van der Waals surface area contributed by atoms with Crippen molar-refractivity contribution in [3.63, 3.8) is 0 Å². The Balaban J connectivity index is 1.91. The zero-order valence-corrected chi connectivity index (χ0v) is 16.3. The lowest BCUT2D eigenvalue weighted by Crippen LogP contribution is -2.40. The van der Waals surface area contributed by atoms with Crippen LogP contribution in [0.15, 0.2) is 52.6 Å². The summed E-state index contributed by atoms with van der Waals surface area (Å²) in [5.74, 6) is 1.06. The van der Waals surface area contributed by atoms with E-state index in [4.69, 9.17) is 0 Å². The summed E-state index contributed by atoms with van der Waals surface area (Å²) < 4.78 is 13.9. The van der Waals surface area contributed by atoms with Gasteiger partial charge in [0.2, 0.25) is 0 Å². The molecular formula is C18H27N5O2S. The number of benzene rings is 1. The number of hydrogen-bond donors (Lipinski definition) is 3. The molecule has 3 N–H and O–H groups in total. The van der Waals surface area contributed by atoms with Crippen molar-refractivity contribution >= 4 is 16.8 Å². The second kappa shape index (κ2) is 9.49. The van der Waals surface area contributed by atoms with E-state index in [1.165, 1.54) is 0 Å². The van der Waals surface area contributed by atoms with Crippen LogP contribution in [0.25, 0.3) is 0 Å². The molecule has 2 rings (SSSR count). The number of guanidine groups is 1. The second-order valence-electron chi connectivity index (χ2n) is 6.16. The van der Waals surface area contributed by atoms with Gasteiger partial charge in [0.15, 0.2) is 5.96 Å². The highest BCUT2D eigenvalue weighted by Crippen LogP contribution is 2.19. The van der Waals surface area contributed by atoms with E-state index in [-0.39, 0.29) is 6.54 Å². The molecule has 0 saturated heterocycles. The highest BCUT2D eigenvalue weighted by atomic mass is 32.2. The molecule has 0 saturated carbocycles. The molecule has 8 heteroatoms. The monoisotopic (exact) mass is 377 g/mol. The maximum Gasteiger partial charge on any atom is 0.191 e. The summed E-state index contributed by atoms with van der Waals surface area (Å²) in [5.41, 5.74) is -0.395. The first-order chi connectivity index (χ1) is 12.4. The molecule has 26 heavy (non-hydrogen) atoms. The molecule has 142 valence electrons. The maximum atomic E-state index is 12.3. The van der Waals surface area contributed by atoms with Crippen LogP contribution in [0.1, 0.15) is 19.4 Å². The molecule has 0 spiro atoms. The Bertz CT molecular complexity index is 743. The molecule has 0 aliphatic heterocycles. The molecule has 2 atom stereocenters. The summed E-state index contributed by atoms with van der Waals surface area (Å²) in [6, 6.07) is 9.39. The van der Waals surface area contributed by atoms with Crippen LogP contribution in [0.2, 0.25) is 0 Å². The van der Waals surface area contributed by atoms with Gasteiger partial charge in [0.05, 0.1) is 23.5 Å². The van der Waals surface area contributed by atoms with Crippen molar-refractivity contribution in [2.75, 3.05) is 25.4 Å². The lowest BCUT2D eigenvalue weighted by molar-refractivity contribution is 0.0672. The first-order valence-corrected chi connectivity index (χ1v) is 9.91. The van der Waals surface area contributed by atoms with Gasteiger partial charge >= 0.3 is 0 Å². The maximum absolute atomic E-state index is 12.3. The van der Waals surface area contributed by atoms with Crippen LogP contribution in [0.3, 0.4) is 0 Å². The van der Waals surface area contributed by atoms with E-state index in [9.17, 15) is 9.32 Å². The molecule has 0 aliphatic carbocycles. The van der Waals surface area contributed by atoms with Crippen molar-refractivity contribution in [3.05, 3.63) is 48.3 Å². The van der Waals surface area contributed by atoms with Crippen molar-refractivity contribution in [1.29, 1.82) is 0 Å². The predicted molar refractivity (Wildman–Crippen MR) is 104 cm³/mol. The van der Waals surface area contributed by atoms with Crippen molar-refractivity contribution in [2.24, 2.45) is 12.0 Å². The molecule has 0 aliphatic rings. The average Bonchev–Trinajstić information content (AvgIpc) is 3.08. The molecule has 0 fully saturated rings. The van der Waals surface area contributed by atoms with Crippen LogP contribution < -0.4 is 10.6 Å². The van der Waals surface area contributed by atoms with Gasteiger partial charge in [-0.15, -0.1) is 0 Å². The van der Waals surface area contributed by atoms with E-state index in [0.29, 0.717) is 30.4 Å². The Kier molecular flexibility index (Phi) is 7.35. The highest BCUT2D eigenvalue weighted by Gasteiger charge is 2.24. The van der Waals surface area contributed by atoms with Crippen LogP contribution >= 0.6 is 0 Å². The molecular weight excluding hydrogens is 350 g/mol. The first-order valence-electron chi connectivity index (χ1n) is 8.59. The fourth-order valence-electron chi connectivity index (χ4n) is 2.32. The molecule has 7 nitrogen and oxygen atoms in total. The van der Waals surface area contributed by atoms with Gasteiger partial charge < -0.3 is 15.7 Å². The summed E-state index contributed by atoms with van der Waals surface area (Å²) in [6.45, 7) is 5.08. The van der Waals surface area contributed by atoms with Gasteiger partial charge in [-0.2, -0.15) is 5.10 Å². The standard InChI is InChI=1S/C18H27N5O2S/c1-4-19-17(20-10-11-26(25)16-8-6-5-7-9-16)21-14-18(2,24)15-12-22-23(3)13-15/h5-9,12-13,24H,4,10-11,14H2,1-3H3,(H2,19,20,21). The first kappa shape index (κ1) is 20.1. The Morgan fingerprint density at radius 3 is 2.69 bits per heavy atom. The van der Waals surface area contributed by atoms with E-state index >= 15 is 0 Å². The zero-order chi connectivity index (χ0) is 19.0. The molecule has 0 radical (unpaired) electrons. The molecule has 1 heterocycles. The number of nitrogens with zero attached hydrogens (tertiary/aromatic N) is 3.